The molecular weight excluding hydrogens is 387 g/mol. The molecule has 0 bridgehead atoms. The van der Waals surface area contributed by atoms with Gasteiger partial charge in [0.2, 0.25) is 5.12 Å². The summed E-state index contributed by atoms with van der Waals surface area (Å²) >= 11 is 3.68. The zero-order valence-electron chi connectivity index (χ0n) is 16.9. The fraction of sp³-hybridized carbons (Fsp3) is 0.250. The minimum Gasteiger partial charge on any atom is -0.461 e. The van der Waals surface area contributed by atoms with Gasteiger partial charge < -0.3 is 4.42 Å². The lowest BCUT2D eigenvalue weighted by molar-refractivity contribution is 0.104. The van der Waals surface area contributed by atoms with Crippen molar-refractivity contribution in [1.82, 2.24) is 0 Å². The van der Waals surface area contributed by atoms with Crippen molar-refractivity contribution in [3.8, 4) is 0 Å². The molecule has 1 aromatic heterocycles. The summed E-state index contributed by atoms with van der Waals surface area (Å²) in [5.74, 6) is 0.107. The molecule has 0 unspecified atom stereocenters. The molecule has 0 spiro atoms. The first-order valence-electron chi connectivity index (χ1n) is 9.43. The number of aryl methyl sites for hydroxylation is 1. The van der Waals surface area contributed by atoms with Gasteiger partial charge in [-0.05, 0) is 47.9 Å². The van der Waals surface area contributed by atoms with Crippen LogP contribution in [0.15, 0.2) is 46.9 Å². The molecule has 5 heteroatoms. The molecule has 0 radical (unpaired) electrons. The van der Waals surface area contributed by atoms with Crippen LogP contribution in [0.5, 0.6) is 0 Å². The lowest BCUT2D eigenvalue weighted by Crippen LogP contribution is -2.12. The highest BCUT2D eigenvalue weighted by Crippen LogP contribution is 2.36. The Hall–Kier alpha value is -2.66. The van der Waals surface area contributed by atoms with E-state index in [1.807, 2.05) is 13.0 Å². The molecular formula is C24H23FO3S. The number of thiol groups is 1. The molecule has 2 aromatic carbocycles. The third-order valence-corrected chi connectivity index (χ3v) is 5.04. The average molecular weight is 411 g/mol. The molecule has 0 amide bonds. The molecule has 0 saturated heterocycles. The zero-order chi connectivity index (χ0) is 21.3. The predicted octanol–water partition coefficient (Wildman–Crippen LogP) is 6.40. The molecule has 0 fully saturated rings. The quantitative estimate of drug-likeness (QED) is 0.301. The van der Waals surface area contributed by atoms with Gasteiger partial charge in [0, 0.05) is 34.1 Å². The lowest BCUT2D eigenvalue weighted by Gasteiger charge is -2.19. The van der Waals surface area contributed by atoms with Crippen molar-refractivity contribution in [2.24, 2.45) is 0 Å². The fourth-order valence-corrected chi connectivity index (χ4v) is 3.57. The van der Waals surface area contributed by atoms with Crippen LogP contribution < -0.4 is 0 Å². The molecule has 0 aliphatic rings. The van der Waals surface area contributed by atoms with Gasteiger partial charge in [-0.2, -0.15) is 0 Å². The number of hydrogen-bond donors (Lipinski definition) is 1. The molecule has 0 aliphatic heterocycles. The summed E-state index contributed by atoms with van der Waals surface area (Å²) in [6, 6.07) is 9.39. The first-order valence-corrected chi connectivity index (χ1v) is 9.87. The van der Waals surface area contributed by atoms with Gasteiger partial charge in [0.25, 0.3) is 0 Å². The second-order valence-electron chi connectivity index (χ2n) is 7.95. The molecule has 0 N–H and O–H groups in total. The van der Waals surface area contributed by atoms with E-state index in [0.717, 1.165) is 34.8 Å². The van der Waals surface area contributed by atoms with Crippen molar-refractivity contribution in [3.63, 3.8) is 0 Å². The Morgan fingerprint density at radius 2 is 1.79 bits per heavy atom. The van der Waals surface area contributed by atoms with Crippen LogP contribution in [-0.4, -0.2) is 10.9 Å². The van der Waals surface area contributed by atoms with Gasteiger partial charge in [0.05, 0.1) is 0 Å². The Kier molecular flexibility index (Phi) is 5.80. The van der Waals surface area contributed by atoms with Gasteiger partial charge in [0.15, 0.2) is 5.78 Å². The number of fused-ring (bicyclic) bond motifs is 1. The van der Waals surface area contributed by atoms with Crippen LogP contribution in [0.1, 0.15) is 65.3 Å². The number of hydrogen-bond acceptors (Lipinski definition) is 3. The van der Waals surface area contributed by atoms with Crippen molar-refractivity contribution < 1.29 is 18.4 Å². The van der Waals surface area contributed by atoms with Crippen LogP contribution in [0.2, 0.25) is 0 Å². The maximum atomic E-state index is 14.1. The predicted molar refractivity (Wildman–Crippen MR) is 117 cm³/mol. The molecule has 0 saturated carbocycles. The number of benzene rings is 2. The highest BCUT2D eigenvalue weighted by Gasteiger charge is 2.24. The van der Waals surface area contributed by atoms with Crippen LogP contribution in [0.3, 0.4) is 0 Å². The van der Waals surface area contributed by atoms with E-state index >= 15 is 0 Å². The molecule has 150 valence electrons. The minimum atomic E-state index is -0.582. The molecule has 1 heterocycles. The van der Waals surface area contributed by atoms with E-state index in [1.165, 1.54) is 24.3 Å². The maximum absolute atomic E-state index is 14.1. The molecule has 3 aromatic rings. The van der Waals surface area contributed by atoms with Crippen molar-refractivity contribution in [1.29, 1.82) is 0 Å². The summed E-state index contributed by atoms with van der Waals surface area (Å²) in [6.45, 7) is 8.40. The van der Waals surface area contributed by atoms with E-state index in [4.69, 9.17) is 4.42 Å². The number of carbonyl (C=O) groups excluding carboxylic acids is 2. The summed E-state index contributed by atoms with van der Waals surface area (Å²) in [5, 5.41) is 0.418. The second-order valence-corrected chi connectivity index (χ2v) is 8.36. The van der Waals surface area contributed by atoms with Gasteiger partial charge in [-0.1, -0.05) is 33.8 Å². The number of furan rings is 1. The third-order valence-electron chi connectivity index (χ3n) is 4.78. The fourth-order valence-electron chi connectivity index (χ4n) is 3.43. The lowest BCUT2D eigenvalue weighted by atomic mass is 9.84. The van der Waals surface area contributed by atoms with Crippen molar-refractivity contribution in [2.75, 3.05) is 0 Å². The van der Waals surface area contributed by atoms with Gasteiger partial charge in [-0.15, -0.1) is 12.6 Å². The van der Waals surface area contributed by atoms with Gasteiger partial charge >= 0.3 is 0 Å². The van der Waals surface area contributed by atoms with Crippen molar-refractivity contribution in [3.05, 3.63) is 76.3 Å². The third kappa shape index (κ3) is 4.35. The number of rotatable bonds is 5. The van der Waals surface area contributed by atoms with E-state index in [9.17, 15) is 14.0 Å². The average Bonchev–Trinajstić information content (AvgIpc) is 3.04. The van der Waals surface area contributed by atoms with Crippen molar-refractivity contribution >= 4 is 40.6 Å². The van der Waals surface area contributed by atoms with Crippen LogP contribution in [0, 0.1) is 5.82 Å². The van der Waals surface area contributed by atoms with E-state index in [1.54, 1.807) is 12.1 Å². The molecule has 0 atom stereocenters. The maximum Gasteiger partial charge on any atom is 0.216 e. The van der Waals surface area contributed by atoms with Crippen molar-refractivity contribution in [2.45, 2.75) is 39.5 Å². The van der Waals surface area contributed by atoms with E-state index in [0.29, 0.717) is 5.56 Å². The first-order chi connectivity index (χ1) is 13.6. The van der Waals surface area contributed by atoms with E-state index < -0.39 is 10.9 Å². The Bertz CT molecular complexity index is 1130. The summed E-state index contributed by atoms with van der Waals surface area (Å²) in [4.78, 5) is 23.9. The number of ketones is 1. The molecule has 3 nitrogen and oxygen atoms in total. The Morgan fingerprint density at radius 1 is 1.10 bits per heavy atom. The Morgan fingerprint density at radius 3 is 2.38 bits per heavy atom. The second kappa shape index (κ2) is 7.99. The number of allylic oxidation sites excluding steroid dienone is 1. The molecule has 3 rings (SSSR count). The topological polar surface area (TPSA) is 47.3 Å². The smallest absolute Gasteiger partial charge is 0.216 e. The van der Waals surface area contributed by atoms with E-state index in [2.05, 4.69) is 33.4 Å². The number of carbonyl (C=O) groups is 2. The standard InChI is InChI=1S/C24H23FO3S/c1-5-20-22(24(2,3)4)17-12-15(9-11-21(17)28-20)19(26)10-8-14-6-7-16(23(27)29)13-18(14)25/h6-13H,5H2,1-4H3,(H,27,29)/b10-8+. The van der Waals surface area contributed by atoms with E-state index in [-0.39, 0.29) is 22.3 Å². The largest absolute Gasteiger partial charge is 0.461 e. The highest BCUT2D eigenvalue weighted by atomic mass is 32.1. The minimum absolute atomic E-state index is 0.122. The van der Waals surface area contributed by atoms with Crippen LogP contribution >= 0.6 is 12.6 Å². The van der Waals surface area contributed by atoms with Crippen LogP contribution in [0.25, 0.3) is 17.0 Å². The number of halogens is 1. The van der Waals surface area contributed by atoms with Gasteiger partial charge in [-0.3, -0.25) is 9.59 Å². The SMILES string of the molecule is CCc1oc2ccc(C(=O)/C=C/c3ccc(C(=O)S)cc3F)cc2c1C(C)(C)C. The van der Waals surface area contributed by atoms with Crippen LogP contribution in [0.4, 0.5) is 4.39 Å². The summed E-state index contributed by atoms with van der Waals surface area (Å²) in [5.41, 5.74) is 2.64. The molecule has 0 aliphatic carbocycles. The summed E-state index contributed by atoms with van der Waals surface area (Å²) in [7, 11) is 0. The van der Waals surface area contributed by atoms with Crippen LogP contribution in [-0.2, 0) is 11.8 Å². The first kappa shape index (κ1) is 21.1. The monoisotopic (exact) mass is 410 g/mol. The van der Waals surface area contributed by atoms with Gasteiger partial charge in [0.1, 0.15) is 17.2 Å². The summed E-state index contributed by atoms with van der Waals surface area (Å²) in [6.07, 6.45) is 3.51. The molecule has 29 heavy (non-hydrogen) atoms. The highest BCUT2D eigenvalue weighted by molar-refractivity contribution is 7.97. The zero-order valence-corrected chi connectivity index (χ0v) is 17.8. The van der Waals surface area contributed by atoms with Gasteiger partial charge in [-0.25, -0.2) is 4.39 Å². The Balaban J connectivity index is 1.95. The summed E-state index contributed by atoms with van der Waals surface area (Å²) < 4.78 is 20.1. The Labute approximate surface area is 175 Å². The normalized spacial score (nSPS) is 12.1.